The van der Waals surface area contributed by atoms with E-state index >= 15 is 0 Å². The number of hydrogen-bond donors (Lipinski definition) is 1. The lowest BCUT2D eigenvalue weighted by atomic mass is 9.70. The van der Waals surface area contributed by atoms with Crippen molar-refractivity contribution in [1.82, 2.24) is 4.57 Å². The Balaban J connectivity index is 0.755. The van der Waals surface area contributed by atoms with Crippen LogP contribution in [0, 0.1) is 0 Å². The summed E-state index contributed by atoms with van der Waals surface area (Å²) < 4.78 is 2.36. The third-order valence-electron chi connectivity index (χ3n) is 13.6. The van der Waals surface area contributed by atoms with E-state index in [2.05, 4.69) is 246 Å². The summed E-state index contributed by atoms with van der Waals surface area (Å²) in [6.07, 6.45) is 0. The molecule has 1 spiro atoms. The molecule has 0 unspecified atom stereocenters. The Hall–Kier alpha value is -8.20. The van der Waals surface area contributed by atoms with Crippen molar-refractivity contribution in [2.45, 2.75) is 5.41 Å². The molecule has 2 aliphatic carbocycles. The van der Waals surface area contributed by atoms with E-state index in [0.29, 0.717) is 0 Å². The minimum atomic E-state index is -0.351. The highest BCUT2D eigenvalue weighted by Crippen LogP contribution is 2.63. The Kier molecular flexibility index (Phi) is 7.85. The van der Waals surface area contributed by atoms with E-state index in [1.807, 2.05) is 0 Å². The average molecular weight is 801 g/mol. The fourth-order valence-electron chi connectivity index (χ4n) is 10.8. The summed E-state index contributed by atoms with van der Waals surface area (Å²) in [4.78, 5) is 0. The van der Waals surface area contributed by atoms with Gasteiger partial charge in [0.05, 0.1) is 16.4 Å². The standard InChI is InChI=1S/C61H40N2/c1-2-12-48(13-3-1)63-59-21-11-7-17-53(59)54-38-45(32-37-60(54)63)44-28-26-41(27-29-44)40-22-24-42(25-23-40)43-30-33-46(34-31-43)62-47-35-36-52-51-16-6-10-20-57(51)61(58(52)39-47)55-18-8-4-14-49(55)50-15-5-9-19-56(50)61/h1-39,62H. The third kappa shape index (κ3) is 5.38. The normalized spacial score (nSPS) is 12.9. The summed E-state index contributed by atoms with van der Waals surface area (Å²) >= 11 is 0. The number of rotatable bonds is 6. The van der Waals surface area contributed by atoms with Gasteiger partial charge in [-0.2, -0.15) is 0 Å². The SMILES string of the molecule is c1ccc(-n2c3ccccc3c3cc(-c4ccc(-c5ccc(-c6ccc(Nc7ccc8c(c7)C7(c9ccccc9-c9ccccc97)c7ccccc7-8)cc6)cc5)cc4)ccc32)cc1. The monoisotopic (exact) mass is 800 g/mol. The summed E-state index contributed by atoms with van der Waals surface area (Å²) in [5.74, 6) is 0. The number of benzene rings is 10. The molecule has 0 saturated heterocycles. The van der Waals surface area contributed by atoms with Crippen LogP contribution in [0.25, 0.3) is 83.1 Å². The Bertz CT molecular complexity index is 3490. The first kappa shape index (κ1) is 35.5. The van der Waals surface area contributed by atoms with E-state index in [9.17, 15) is 0 Å². The second-order valence-corrected chi connectivity index (χ2v) is 16.9. The number of anilines is 2. The van der Waals surface area contributed by atoms with Crippen molar-refractivity contribution in [3.8, 4) is 61.3 Å². The Morgan fingerprint density at radius 1 is 0.286 bits per heavy atom. The molecule has 13 rings (SSSR count). The zero-order chi connectivity index (χ0) is 41.5. The van der Waals surface area contributed by atoms with Gasteiger partial charge in [-0.25, -0.2) is 0 Å². The van der Waals surface area contributed by atoms with Crippen LogP contribution in [-0.4, -0.2) is 4.57 Å². The summed E-state index contributed by atoms with van der Waals surface area (Å²) in [6.45, 7) is 0. The van der Waals surface area contributed by atoms with Crippen LogP contribution in [0.1, 0.15) is 22.3 Å². The van der Waals surface area contributed by atoms with Crippen molar-refractivity contribution in [3.63, 3.8) is 0 Å². The van der Waals surface area contributed by atoms with Crippen LogP contribution >= 0.6 is 0 Å². The smallest absolute Gasteiger partial charge is 0.0726 e. The lowest BCUT2D eigenvalue weighted by Gasteiger charge is -2.30. The van der Waals surface area contributed by atoms with E-state index in [1.54, 1.807) is 0 Å². The summed E-state index contributed by atoms with van der Waals surface area (Å²) in [7, 11) is 0. The van der Waals surface area contributed by atoms with Crippen LogP contribution in [0.5, 0.6) is 0 Å². The van der Waals surface area contributed by atoms with Crippen LogP contribution in [0.4, 0.5) is 11.4 Å². The quantitative estimate of drug-likeness (QED) is 0.177. The van der Waals surface area contributed by atoms with Gasteiger partial charge in [0.2, 0.25) is 0 Å². The molecule has 0 aliphatic heterocycles. The molecule has 0 atom stereocenters. The van der Waals surface area contributed by atoms with E-state index in [-0.39, 0.29) is 5.41 Å². The Morgan fingerprint density at radius 2 is 0.714 bits per heavy atom. The van der Waals surface area contributed by atoms with Crippen molar-refractivity contribution >= 4 is 33.2 Å². The molecule has 63 heavy (non-hydrogen) atoms. The predicted molar refractivity (Wildman–Crippen MR) is 263 cm³/mol. The minimum absolute atomic E-state index is 0.351. The van der Waals surface area contributed by atoms with E-state index < -0.39 is 0 Å². The molecule has 294 valence electrons. The van der Waals surface area contributed by atoms with E-state index in [4.69, 9.17) is 0 Å². The second-order valence-electron chi connectivity index (χ2n) is 16.9. The molecule has 1 N–H and O–H groups in total. The van der Waals surface area contributed by atoms with Crippen LogP contribution in [0.3, 0.4) is 0 Å². The molecular formula is C61H40N2. The molecule has 2 heteroatoms. The van der Waals surface area contributed by atoms with Crippen LogP contribution in [-0.2, 0) is 5.41 Å². The van der Waals surface area contributed by atoms with Gasteiger partial charge in [0, 0.05) is 27.8 Å². The van der Waals surface area contributed by atoms with Gasteiger partial charge in [0.25, 0.3) is 0 Å². The lowest BCUT2D eigenvalue weighted by molar-refractivity contribution is 0.794. The molecule has 2 aliphatic rings. The lowest BCUT2D eigenvalue weighted by Crippen LogP contribution is -2.25. The van der Waals surface area contributed by atoms with Crippen molar-refractivity contribution in [2.75, 3.05) is 5.32 Å². The molecule has 10 aromatic carbocycles. The van der Waals surface area contributed by atoms with Crippen molar-refractivity contribution < 1.29 is 0 Å². The number of para-hydroxylation sites is 2. The Labute approximate surface area is 367 Å². The van der Waals surface area contributed by atoms with Gasteiger partial charge in [-0.05, 0) is 132 Å². The third-order valence-corrected chi connectivity index (χ3v) is 13.6. The molecule has 1 heterocycles. The molecule has 0 radical (unpaired) electrons. The van der Waals surface area contributed by atoms with Crippen molar-refractivity contribution in [3.05, 3.63) is 259 Å². The molecule has 0 bridgehead atoms. The van der Waals surface area contributed by atoms with Crippen LogP contribution in [0.2, 0.25) is 0 Å². The van der Waals surface area contributed by atoms with Gasteiger partial charge in [-0.15, -0.1) is 0 Å². The Morgan fingerprint density at radius 3 is 1.30 bits per heavy atom. The maximum absolute atomic E-state index is 3.76. The second kappa shape index (κ2) is 13.9. The molecule has 2 nitrogen and oxygen atoms in total. The molecule has 1 aromatic heterocycles. The molecule has 11 aromatic rings. The first-order valence-electron chi connectivity index (χ1n) is 21.8. The van der Waals surface area contributed by atoms with Crippen LogP contribution < -0.4 is 5.32 Å². The fraction of sp³-hybridized carbons (Fsp3) is 0.0164. The highest BCUT2D eigenvalue weighted by molar-refractivity contribution is 6.10. The zero-order valence-electron chi connectivity index (χ0n) is 34.5. The van der Waals surface area contributed by atoms with Gasteiger partial charge in [-0.1, -0.05) is 182 Å². The number of nitrogens with zero attached hydrogens (tertiary/aromatic N) is 1. The van der Waals surface area contributed by atoms with Crippen molar-refractivity contribution in [1.29, 1.82) is 0 Å². The van der Waals surface area contributed by atoms with E-state index in [0.717, 1.165) is 11.4 Å². The summed E-state index contributed by atoms with van der Waals surface area (Å²) in [6, 6.07) is 86.8. The van der Waals surface area contributed by atoms with Gasteiger partial charge in [0.15, 0.2) is 0 Å². The highest BCUT2D eigenvalue weighted by Gasteiger charge is 2.51. The van der Waals surface area contributed by atoms with Gasteiger partial charge < -0.3 is 9.88 Å². The highest BCUT2D eigenvalue weighted by atomic mass is 15.0. The predicted octanol–water partition coefficient (Wildman–Crippen LogP) is 15.9. The van der Waals surface area contributed by atoms with Gasteiger partial charge >= 0.3 is 0 Å². The molecule has 0 fully saturated rings. The number of aromatic nitrogens is 1. The first-order chi connectivity index (χ1) is 31.2. The maximum Gasteiger partial charge on any atom is 0.0726 e. The maximum atomic E-state index is 3.76. The number of fused-ring (bicyclic) bond motifs is 13. The number of nitrogens with one attached hydrogen (secondary N) is 1. The fourth-order valence-corrected chi connectivity index (χ4v) is 10.8. The van der Waals surface area contributed by atoms with E-state index in [1.165, 1.54) is 105 Å². The minimum Gasteiger partial charge on any atom is -0.356 e. The summed E-state index contributed by atoms with van der Waals surface area (Å²) in [5.41, 5.74) is 23.3. The van der Waals surface area contributed by atoms with Gasteiger partial charge in [0.1, 0.15) is 0 Å². The number of hydrogen-bond acceptors (Lipinski definition) is 1. The molecule has 0 saturated carbocycles. The summed E-state index contributed by atoms with van der Waals surface area (Å²) in [5, 5.41) is 6.29. The average Bonchev–Trinajstić information content (AvgIpc) is 3.96. The topological polar surface area (TPSA) is 17.0 Å². The van der Waals surface area contributed by atoms with Gasteiger partial charge in [-0.3, -0.25) is 0 Å². The first-order valence-corrected chi connectivity index (χ1v) is 21.8. The zero-order valence-corrected chi connectivity index (χ0v) is 34.5. The van der Waals surface area contributed by atoms with Crippen molar-refractivity contribution in [2.24, 2.45) is 0 Å². The largest absolute Gasteiger partial charge is 0.356 e. The molecular weight excluding hydrogens is 761 g/mol. The van der Waals surface area contributed by atoms with Crippen LogP contribution in [0.15, 0.2) is 237 Å². The molecule has 0 amide bonds.